The monoisotopic (exact) mass is 236 g/mol. The third-order valence-corrected chi connectivity index (χ3v) is 2.40. The predicted molar refractivity (Wildman–Crippen MR) is 57.6 cm³/mol. The number of pyridine rings is 2. The lowest BCUT2D eigenvalue weighted by Gasteiger charge is -2.17. The standard InChI is InChI=1S/C11H10F2N4/c12-9-5-15-3-1-7(9)11(17-14)8-2-4-16-6-10(8)13/h1-6,11,17H,14H2. The first kappa shape index (κ1) is 11.6. The van der Waals surface area contributed by atoms with E-state index in [9.17, 15) is 8.78 Å². The quantitative estimate of drug-likeness (QED) is 0.623. The van der Waals surface area contributed by atoms with E-state index < -0.39 is 17.7 Å². The van der Waals surface area contributed by atoms with Crippen LogP contribution in [0.25, 0.3) is 0 Å². The normalized spacial score (nSPS) is 10.8. The number of hydrogen-bond donors (Lipinski definition) is 2. The molecule has 88 valence electrons. The molecule has 0 fully saturated rings. The van der Waals surface area contributed by atoms with Crippen molar-refractivity contribution in [1.82, 2.24) is 15.4 Å². The number of hydrogen-bond acceptors (Lipinski definition) is 4. The van der Waals surface area contributed by atoms with Gasteiger partial charge in [0.2, 0.25) is 0 Å². The maximum absolute atomic E-state index is 13.5. The van der Waals surface area contributed by atoms with Crippen LogP contribution in [0.5, 0.6) is 0 Å². The van der Waals surface area contributed by atoms with E-state index in [1.165, 1.54) is 24.5 Å². The van der Waals surface area contributed by atoms with Gasteiger partial charge in [0.1, 0.15) is 11.6 Å². The molecule has 0 saturated heterocycles. The Kier molecular flexibility index (Phi) is 3.36. The molecule has 2 heterocycles. The summed E-state index contributed by atoms with van der Waals surface area (Å²) in [6.07, 6.45) is 4.95. The van der Waals surface area contributed by atoms with E-state index in [2.05, 4.69) is 15.4 Å². The molecule has 2 aromatic heterocycles. The highest BCUT2D eigenvalue weighted by Gasteiger charge is 2.19. The number of hydrazine groups is 1. The van der Waals surface area contributed by atoms with Crippen LogP contribution in [-0.4, -0.2) is 9.97 Å². The van der Waals surface area contributed by atoms with E-state index in [0.29, 0.717) is 0 Å². The first-order chi connectivity index (χ1) is 8.24. The molecule has 0 saturated carbocycles. The number of nitrogens with two attached hydrogens (primary N) is 1. The lowest BCUT2D eigenvalue weighted by Crippen LogP contribution is -2.30. The van der Waals surface area contributed by atoms with Gasteiger partial charge in [0, 0.05) is 23.5 Å². The molecular weight excluding hydrogens is 226 g/mol. The Morgan fingerprint density at radius 1 is 1.00 bits per heavy atom. The summed E-state index contributed by atoms with van der Waals surface area (Å²) in [6.45, 7) is 0. The fourth-order valence-electron chi connectivity index (χ4n) is 1.59. The number of aromatic nitrogens is 2. The van der Waals surface area contributed by atoms with E-state index in [1.807, 2.05) is 0 Å². The van der Waals surface area contributed by atoms with Gasteiger partial charge in [-0.15, -0.1) is 0 Å². The van der Waals surface area contributed by atoms with Gasteiger partial charge in [0.25, 0.3) is 0 Å². The Hall–Kier alpha value is -1.92. The van der Waals surface area contributed by atoms with E-state index in [-0.39, 0.29) is 11.1 Å². The SMILES string of the molecule is NNC(c1ccncc1F)c1ccncc1F. The summed E-state index contributed by atoms with van der Waals surface area (Å²) in [5.41, 5.74) is 2.84. The van der Waals surface area contributed by atoms with Crippen LogP contribution in [0.1, 0.15) is 17.2 Å². The van der Waals surface area contributed by atoms with Crippen molar-refractivity contribution >= 4 is 0 Å². The molecule has 0 atom stereocenters. The van der Waals surface area contributed by atoms with Gasteiger partial charge in [-0.1, -0.05) is 0 Å². The van der Waals surface area contributed by atoms with Crippen molar-refractivity contribution in [2.24, 2.45) is 5.84 Å². The molecule has 0 spiro atoms. The zero-order valence-corrected chi connectivity index (χ0v) is 8.77. The minimum Gasteiger partial charge on any atom is -0.271 e. The minimum absolute atomic E-state index is 0.229. The highest BCUT2D eigenvalue weighted by atomic mass is 19.1. The molecule has 2 rings (SSSR count). The summed E-state index contributed by atoms with van der Waals surface area (Å²) in [6, 6.07) is 2.11. The van der Waals surface area contributed by atoms with Crippen molar-refractivity contribution < 1.29 is 8.78 Å². The van der Waals surface area contributed by atoms with Crippen molar-refractivity contribution in [3.8, 4) is 0 Å². The number of nitrogens with one attached hydrogen (secondary N) is 1. The summed E-state index contributed by atoms with van der Waals surface area (Å²) in [5, 5.41) is 0. The largest absolute Gasteiger partial charge is 0.271 e. The van der Waals surface area contributed by atoms with Gasteiger partial charge in [-0.3, -0.25) is 15.8 Å². The highest BCUT2D eigenvalue weighted by molar-refractivity contribution is 5.30. The molecular formula is C11H10F2N4. The molecule has 6 heteroatoms. The highest BCUT2D eigenvalue weighted by Crippen LogP contribution is 2.24. The third-order valence-electron chi connectivity index (χ3n) is 2.40. The Morgan fingerprint density at radius 3 is 1.82 bits per heavy atom. The van der Waals surface area contributed by atoms with Crippen LogP contribution < -0.4 is 11.3 Å². The smallest absolute Gasteiger partial charge is 0.146 e. The van der Waals surface area contributed by atoms with Crippen LogP contribution in [0.2, 0.25) is 0 Å². The molecule has 0 aliphatic rings. The van der Waals surface area contributed by atoms with Crippen LogP contribution in [0.15, 0.2) is 36.9 Å². The molecule has 0 unspecified atom stereocenters. The maximum atomic E-state index is 13.5. The summed E-state index contributed by atoms with van der Waals surface area (Å²) in [5.74, 6) is 4.25. The Balaban J connectivity index is 2.48. The fourth-order valence-corrected chi connectivity index (χ4v) is 1.59. The average molecular weight is 236 g/mol. The van der Waals surface area contributed by atoms with Gasteiger partial charge in [-0.05, 0) is 12.1 Å². The molecule has 0 amide bonds. The van der Waals surface area contributed by atoms with Crippen molar-refractivity contribution in [3.05, 3.63) is 59.7 Å². The van der Waals surface area contributed by atoms with Crippen molar-refractivity contribution in [1.29, 1.82) is 0 Å². The molecule has 0 aliphatic carbocycles. The van der Waals surface area contributed by atoms with Gasteiger partial charge in [0.05, 0.1) is 18.4 Å². The zero-order chi connectivity index (χ0) is 12.3. The third kappa shape index (κ3) is 2.27. The number of nitrogens with zero attached hydrogens (tertiary/aromatic N) is 2. The second kappa shape index (κ2) is 4.94. The lowest BCUT2D eigenvalue weighted by atomic mass is 10.0. The van der Waals surface area contributed by atoms with Crippen molar-refractivity contribution in [2.45, 2.75) is 6.04 Å². The van der Waals surface area contributed by atoms with Gasteiger partial charge in [-0.25, -0.2) is 14.2 Å². The maximum Gasteiger partial charge on any atom is 0.146 e. The van der Waals surface area contributed by atoms with Gasteiger partial charge in [-0.2, -0.15) is 0 Å². The van der Waals surface area contributed by atoms with E-state index in [4.69, 9.17) is 5.84 Å². The second-order valence-corrected chi connectivity index (χ2v) is 3.39. The van der Waals surface area contributed by atoms with Gasteiger partial charge >= 0.3 is 0 Å². The topological polar surface area (TPSA) is 63.8 Å². The Bertz CT molecular complexity index is 473. The predicted octanol–water partition coefficient (Wildman–Crippen LogP) is 1.31. The van der Waals surface area contributed by atoms with E-state index in [0.717, 1.165) is 12.4 Å². The number of rotatable bonds is 3. The Labute approximate surface area is 96.5 Å². The fraction of sp³-hybridized carbons (Fsp3) is 0.0909. The van der Waals surface area contributed by atoms with Gasteiger partial charge in [0.15, 0.2) is 0 Å². The van der Waals surface area contributed by atoms with Crippen LogP contribution in [0.4, 0.5) is 8.78 Å². The minimum atomic E-state index is -0.777. The molecule has 3 N–H and O–H groups in total. The van der Waals surface area contributed by atoms with Crippen molar-refractivity contribution in [2.75, 3.05) is 0 Å². The summed E-state index contributed by atoms with van der Waals surface area (Å²) in [7, 11) is 0. The van der Waals surface area contributed by atoms with Crippen LogP contribution in [0, 0.1) is 11.6 Å². The lowest BCUT2D eigenvalue weighted by molar-refractivity contribution is 0.526. The zero-order valence-electron chi connectivity index (χ0n) is 8.77. The molecule has 0 aromatic carbocycles. The van der Waals surface area contributed by atoms with Gasteiger partial charge < -0.3 is 0 Å². The van der Waals surface area contributed by atoms with Crippen LogP contribution in [-0.2, 0) is 0 Å². The molecule has 2 aromatic rings. The molecule has 4 nitrogen and oxygen atoms in total. The second-order valence-electron chi connectivity index (χ2n) is 3.39. The van der Waals surface area contributed by atoms with Crippen LogP contribution in [0.3, 0.4) is 0 Å². The molecule has 17 heavy (non-hydrogen) atoms. The molecule has 0 radical (unpaired) electrons. The first-order valence-electron chi connectivity index (χ1n) is 4.89. The average Bonchev–Trinajstić information content (AvgIpc) is 2.34. The number of halogens is 2. The van der Waals surface area contributed by atoms with E-state index in [1.54, 1.807) is 0 Å². The Morgan fingerprint density at radius 2 is 1.47 bits per heavy atom. The molecule has 0 bridgehead atoms. The molecule has 0 aliphatic heterocycles. The summed E-state index contributed by atoms with van der Waals surface area (Å²) < 4.78 is 27.1. The van der Waals surface area contributed by atoms with E-state index >= 15 is 0 Å². The van der Waals surface area contributed by atoms with Crippen molar-refractivity contribution in [3.63, 3.8) is 0 Å². The summed E-state index contributed by atoms with van der Waals surface area (Å²) >= 11 is 0. The van der Waals surface area contributed by atoms with Crippen LogP contribution >= 0.6 is 0 Å². The first-order valence-corrected chi connectivity index (χ1v) is 4.89. The summed E-state index contributed by atoms with van der Waals surface area (Å²) in [4.78, 5) is 7.26.